The van der Waals surface area contributed by atoms with Crippen LogP contribution >= 0.6 is 11.6 Å². The van der Waals surface area contributed by atoms with E-state index in [1.807, 2.05) is 6.92 Å². The minimum atomic E-state index is -0.408. The highest BCUT2D eigenvalue weighted by Crippen LogP contribution is 2.22. The maximum absolute atomic E-state index is 12.9. The lowest BCUT2D eigenvalue weighted by Crippen LogP contribution is -2.96. The average Bonchev–Trinajstić information content (AvgIpc) is 2.43. The van der Waals surface area contributed by atoms with E-state index in [4.69, 9.17) is 11.6 Å². The molecule has 1 aromatic carbocycles. The number of carbonyl (C=O) groups excluding carboxylic acids is 1. The Bertz CT molecular complexity index is 475. The van der Waals surface area contributed by atoms with Crippen molar-refractivity contribution in [3.05, 3.63) is 29.0 Å². The van der Waals surface area contributed by atoms with Gasteiger partial charge in [0.25, 0.3) is 5.91 Å². The lowest BCUT2D eigenvalue weighted by molar-refractivity contribution is -0.708. The second kappa shape index (κ2) is 7.04. The van der Waals surface area contributed by atoms with E-state index < -0.39 is 5.82 Å². The summed E-state index contributed by atoms with van der Waals surface area (Å²) in [6.07, 6.45) is 6.15. The number of halogens is 2. The van der Waals surface area contributed by atoms with Crippen LogP contribution in [0.25, 0.3) is 0 Å². The van der Waals surface area contributed by atoms with Crippen LogP contribution < -0.4 is 10.6 Å². The molecule has 0 heterocycles. The van der Waals surface area contributed by atoms with E-state index in [1.54, 1.807) is 0 Å². The summed E-state index contributed by atoms with van der Waals surface area (Å²) in [6.45, 7) is 1.89. The molecule has 0 aliphatic heterocycles. The van der Waals surface area contributed by atoms with E-state index >= 15 is 0 Å². The molecule has 0 saturated heterocycles. The molecule has 1 aromatic rings. The molecule has 0 spiro atoms. The molecule has 3 N–H and O–H groups in total. The summed E-state index contributed by atoms with van der Waals surface area (Å²) < 4.78 is 12.9. The van der Waals surface area contributed by atoms with Crippen LogP contribution in [0.2, 0.25) is 5.02 Å². The lowest BCUT2D eigenvalue weighted by atomic mass is 9.95. The predicted molar refractivity (Wildman–Crippen MR) is 78.3 cm³/mol. The first-order valence-corrected chi connectivity index (χ1v) is 7.55. The molecule has 0 bridgehead atoms. The second-order valence-electron chi connectivity index (χ2n) is 5.49. The van der Waals surface area contributed by atoms with E-state index in [0.717, 1.165) is 0 Å². The topological polar surface area (TPSA) is 45.7 Å². The molecule has 1 aliphatic rings. The molecule has 1 saturated carbocycles. The number of anilines is 1. The van der Waals surface area contributed by atoms with E-state index in [1.165, 1.54) is 50.3 Å². The van der Waals surface area contributed by atoms with Gasteiger partial charge in [0.1, 0.15) is 5.82 Å². The molecule has 20 heavy (non-hydrogen) atoms. The molecule has 2 rings (SSSR count). The summed E-state index contributed by atoms with van der Waals surface area (Å²) in [6, 6.07) is 4.35. The highest BCUT2D eigenvalue weighted by Gasteiger charge is 2.23. The van der Waals surface area contributed by atoms with Crippen LogP contribution in [0, 0.1) is 5.82 Å². The largest absolute Gasteiger partial charge is 0.334 e. The molecule has 1 atom stereocenters. The molecule has 3 nitrogen and oxygen atoms in total. The third kappa shape index (κ3) is 4.18. The Hall–Kier alpha value is -1.13. The zero-order chi connectivity index (χ0) is 14.5. The van der Waals surface area contributed by atoms with Crippen LogP contribution in [0.4, 0.5) is 10.1 Å². The van der Waals surface area contributed by atoms with Crippen LogP contribution in [0.3, 0.4) is 0 Å². The first-order valence-electron chi connectivity index (χ1n) is 7.17. The van der Waals surface area contributed by atoms with Gasteiger partial charge in [-0.05, 0) is 50.8 Å². The fourth-order valence-corrected chi connectivity index (χ4v) is 2.87. The van der Waals surface area contributed by atoms with Gasteiger partial charge in [-0.1, -0.05) is 18.0 Å². The zero-order valence-electron chi connectivity index (χ0n) is 11.7. The molecule has 1 aliphatic carbocycles. The van der Waals surface area contributed by atoms with Gasteiger partial charge < -0.3 is 10.6 Å². The van der Waals surface area contributed by atoms with Crippen molar-refractivity contribution in [2.45, 2.75) is 51.1 Å². The van der Waals surface area contributed by atoms with Gasteiger partial charge in [0.15, 0.2) is 6.04 Å². The molecule has 5 heteroatoms. The third-order valence-corrected chi connectivity index (χ3v) is 4.13. The number of nitrogens with one attached hydrogen (secondary N) is 1. The van der Waals surface area contributed by atoms with Gasteiger partial charge in [-0.2, -0.15) is 0 Å². The SMILES string of the molecule is C[C@@H]([NH2+]C1CCCCC1)C(=O)Nc1ccc(F)cc1Cl. The molecule has 110 valence electrons. The normalized spacial score (nSPS) is 17.8. The monoisotopic (exact) mass is 299 g/mol. The Morgan fingerprint density at radius 3 is 2.75 bits per heavy atom. The fourth-order valence-electron chi connectivity index (χ4n) is 2.66. The van der Waals surface area contributed by atoms with Crippen molar-refractivity contribution in [2.75, 3.05) is 5.32 Å². The van der Waals surface area contributed by atoms with Gasteiger partial charge in [0, 0.05) is 0 Å². The molecule has 1 fully saturated rings. The number of amides is 1. The van der Waals surface area contributed by atoms with Gasteiger partial charge in [-0.3, -0.25) is 4.79 Å². The van der Waals surface area contributed by atoms with Crippen molar-refractivity contribution >= 4 is 23.2 Å². The standard InChI is InChI=1S/C15H20ClFN2O/c1-10(18-12-5-3-2-4-6-12)15(20)19-14-8-7-11(17)9-13(14)16/h7-10,12,18H,2-6H2,1H3,(H,19,20)/p+1/t10-/m1/s1. The smallest absolute Gasteiger partial charge is 0.282 e. The molecular weight excluding hydrogens is 279 g/mol. The summed E-state index contributed by atoms with van der Waals surface area (Å²) >= 11 is 5.91. The van der Waals surface area contributed by atoms with Gasteiger partial charge >= 0.3 is 0 Å². The minimum absolute atomic E-state index is 0.0934. The first-order chi connectivity index (χ1) is 9.56. The highest BCUT2D eigenvalue weighted by molar-refractivity contribution is 6.33. The second-order valence-corrected chi connectivity index (χ2v) is 5.90. The third-order valence-electron chi connectivity index (χ3n) is 3.81. The van der Waals surface area contributed by atoms with Crippen molar-refractivity contribution in [1.29, 1.82) is 0 Å². The van der Waals surface area contributed by atoms with E-state index in [0.29, 0.717) is 11.7 Å². The number of hydrogen-bond acceptors (Lipinski definition) is 1. The predicted octanol–water partition coefficient (Wildman–Crippen LogP) is 2.70. The lowest BCUT2D eigenvalue weighted by Gasteiger charge is -2.23. The summed E-state index contributed by atoms with van der Waals surface area (Å²) in [4.78, 5) is 12.1. The number of quaternary nitrogens is 1. The summed E-state index contributed by atoms with van der Waals surface area (Å²) in [7, 11) is 0. The Morgan fingerprint density at radius 2 is 2.10 bits per heavy atom. The Balaban J connectivity index is 1.89. The maximum Gasteiger partial charge on any atom is 0.282 e. The zero-order valence-corrected chi connectivity index (χ0v) is 12.4. The van der Waals surface area contributed by atoms with Crippen molar-refractivity contribution in [2.24, 2.45) is 0 Å². The van der Waals surface area contributed by atoms with E-state index in [2.05, 4.69) is 10.6 Å². The summed E-state index contributed by atoms with van der Waals surface area (Å²) in [5.74, 6) is -0.501. The van der Waals surface area contributed by atoms with Crippen LogP contribution in [0.5, 0.6) is 0 Å². The van der Waals surface area contributed by atoms with Gasteiger partial charge in [0.2, 0.25) is 0 Å². The van der Waals surface area contributed by atoms with E-state index in [9.17, 15) is 9.18 Å². The number of hydrogen-bond donors (Lipinski definition) is 2. The molecular formula is C15H21ClFN2O+. The Kier molecular flexibility index (Phi) is 5.38. The van der Waals surface area contributed by atoms with Gasteiger partial charge in [-0.15, -0.1) is 0 Å². The molecule has 1 amide bonds. The van der Waals surface area contributed by atoms with E-state index in [-0.39, 0.29) is 17.0 Å². The van der Waals surface area contributed by atoms with Crippen molar-refractivity contribution < 1.29 is 14.5 Å². The van der Waals surface area contributed by atoms with Gasteiger partial charge in [-0.25, -0.2) is 4.39 Å². The molecule has 0 radical (unpaired) electrons. The number of benzene rings is 1. The summed E-state index contributed by atoms with van der Waals surface area (Å²) in [5.41, 5.74) is 0.460. The van der Waals surface area contributed by atoms with Gasteiger partial charge in [0.05, 0.1) is 16.8 Å². The van der Waals surface area contributed by atoms with Crippen molar-refractivity contribution in [3.63, 3.8) is 0 Å². The number of nitrogens with two attached hydrogens (primary N) is 1. The Labute approximate surface area is 123 Å². The van der Waals surface area contributed by atoms with Crippen LogP contribution in [0.1, 0.15) is 39.0 Å². The molecule has 0 aromatic heterocycles. The maximum atomic E-state index is 12.9. The molecule has 0 unspecified atom stereocenters. The number of carbonyl (C=O) groups is 1. The Morgan fingerprint density at radius 1 is 1.40 bits per heavy atom. The fraction of sp³-hybridized carbons (Fsp3) is 0.533. The highest BCUT2D eigenvalue weighted by atomic mass is 35.5. The van der Waals surface area contributed by atoms with Crippen LogP contribution in [-0.4, -0.2) is 18.0 Å². The van der Waals surface area contributed by atoms with Crippen molar-refractivity contribution in [1.82, 2.24) is 0 Å². The quantitative estimate of drug-likeness (QED) is 0.882. The average molecular weight is 300 g/mol. The van der Waals surface area contributed by atoms with Crippen LogP contribution in [0.15, 0.2) is 18.2 Å². The minimum Gasteiger partial charge on any atom is -0.334 e. The summed E-state index contributed by atoms with van der Waals surface area (Å²) in [5, 5.41) is 5.11. The first kappa shape index (κ1) is 15.3. The van der Waals surface area contributed by atoms with Crippen molar-refractivity contribution in [3.8, 4) is 0 Å². The number of rotatable bonds is 4. The van der Waals surface area contributed by atoms with Crippen LogP contribution in [-0.2, 0) is 4.79 Å².